The Morgan fingerprint density at radius 3 is 2.26 bits per heavy atom. The van der Waals surface area contributed by atoms with Crippen molar-refractivity contribution in [1.82, 2.24) is 4.90 Å². The zero-order valence-corrected chi connectivity index (χ0v) is 11.4. The van der Waals surface area contributed by atoms with E-state index in [4.69, 9.17) is 9.84 Å². The first-order valence-corrected chi connectivity index (χ1v) is 6.01. The number of carbonyl (C=O) groups is 2. The summed E-state index contributed by atoms with van der Waals surface area (Å²) in [5.74, 6) is -0.804. The van der Waals surface area contributed by atoms with Crippen LogP contribution in [0, 0.1) is 0 Å². The van der Waals surface area contributed by atoms with Crippen LogP contribution in [0.2, 0.25) is 0 Å². The molecular weight excluding hydrogens is 246 g/mol. The molecule has 0 bridgehead atoms. The molecule has 0 aliphatic carbocycles. The summed E-state index contributed by atoms with van der Waals surface area (Å²) in [6.45, 7) is 4.86. The van der Waals surface area contributed by atoms with Crippen molar-refractivity contribution in [3.05, 3.63) is 30.3 Å². The minimum atomic E-state index is -1.04. The second-order valence-electron chi connectivity index (χ2n) is 5.15. The van der Waals surface area contributed by atoms with Crippen molar-refractivity contribution in [3.8, 4) is 5.75 Å². The molecule has 0 aliphatic rings. The number of aliphatic carboxylic acids is 1. The Morgan fingerprint density at radius 2 is 1.79 bits per heavy atom. The first-order valence-electron chi connectivity index (χ1n) is 6.01. The van der Waals surface area contributed by atoms with Gasteiger partial charge in [0.25, 0.3) is 5.91 Å². The van der Waals surface area contributed by atoms with Gasteiger partial charge in [-0.2, -0.15) is 0 Å². The second-order valence-corrected chi connectivity index (χ2v) is 5.15. The number of nitrogens with zero attached hydrogens (tertiary/aromatic N) is 1. The molecule has 0 fully saturated rings. The lowest BCUT2D eigenvalue weighted by atomic mass is 10.1. The van der Waals surface area contributed by atoms with Gasteiger partial charge < -0.3 is 14.7 Å². The molecule has 5 nitrogen and oxygen atoms in total. The summed E-state index contributed by atoms with van der Waals surface area (Å²) < 4.78 is 5.34. The third-order valence-electron chi connectivity index (χ3n) is 2.51. The predicted molar refractivity (Wildman–Crippen MR) is 71.0 cm³/mol. The molecule has 19 heavy (non-hydrogen) atoms. The standard InChI is InChI=1S/C14H19NO4/c1-14(2,3)15(9-13(17)18)12(16)10-19-11-7-5-4-6-8-11/h4-8H,9-10H2,1-3H3,(H,17,18). The summed E-state index contributed by atoms with van der Waals surface area (Å²) in [6.07, 6.45) is 0. The Morgan fingerprint density at radius 1 is 1.21 bits per heavy atom. The normalized spacial score (nSPS) is 10.9. The third kappa shape index (κ3) is 4.99. The number of carboxylic acids is 1. The maximum absolute atomic E-state index is 12.0. The van der Waals surface area contributed by atoms with Gasteiger partial charge in [-0.15, -0.1) is 0 Å². The van der Waals surface area contributed by atoms with Crippen molar-refractivity contribution < 1.29 is 19.4 Å². The van der Waals surface area contributed by atoms with E-state index in [1.165, 1.54) is 4.90 Å². The Labute approximate surface area is 112 Å². The summed E-state index contributed by atoms with van der Waals surface area (Å²) in [7, 11) is 0. The Hall–Kier alpha value is -2.04. The molecule has 0 atom stereocenters. The van der Waals surface area contributed by atoms with Gasteiger partial charge in [0.05, 0.1) is 0 Å². The molecule has 0 heterocycles. The van der Waals surface area contributed by atoms with Gasteiger partial charge in [0.2, 0.25) is 0 Å². The van der Waals surface area contributed by atoms with Crippen LogP contribution in [-0.4, -0.2) is 40.6 Å². The van der Waals surface area contributed by atoms with Gasteiger partial charge in [0.1, 0.15) is 12.3 Å². The Bertz CT molecular complexity index is 437. The van der Waals surface area contributed by atoms with Gasteiger partial charge in [-0.3, -0.25) is 9.59 Å². The number of para-hydroxylation sites is 1. The van der Waals surface area contributed by atoms with Crippen LogP contribution in [0.4, 0.5) is 0 Å². The fraction of sp³-hybridized carbons (Fsp3) is 0.429. The maximum atomic E-state index is 12.0. The maximum Gasteiger partial charge on any atom is 0.323 e. The minimum absolute atomic E-state index is 0.172. The fourth-order valence-electron chi connectivity index (χ4n) is 1.57. The topological polar surface area (TPSA) is 66.8 Å². The molecule has 5 heteroatoms. The minimum Gasteiger partial charge on any atom is -0.484 e. The van der Waals surface area contributed by atoms with Crippen molar-refractivity contribution in [1.29, 1.82) is 0 Å². The highest BCUT2D eigenvalue weighted by atomic mass is 16.5. The third-order valence-corrected chi connectivity index (χ3v) is 2.51. The van der Waals surface area contributed by atoms with E-state index in [1.54, 1.807) is 45.0 Å². The first kappa shape index (κ1) is 15.0. The van der Waals surface area contributed by atoms with E-state index in [-0.39, 0.29) is 19.1 Å². The molecule has 1 aromatic carbocycles. The number of hydrogen-bond donors (Lipinski definition) is 1. The van der Waals surface area contributed by atoms with Crippen molar-refractivity contribution in [2.24, 2.45) is 0 Å². The summed E-state index contributed by atoms with van der Waals surface area (Å²) in [6, 6.07) is 8.94. The smallest absolute Gasteiger partial charge is 0.323 e. The van der Waals surface area contributed by atoms with Crippen LogP contribution in [0.15, 0.2) is 30.3 Å². The second kappa shape index (κ2) is 6.22. The lowest BCUT2D eigenvalue weighted by molar-refractivity contribution is -0.149. The fourth-order valence-corrected chi connectivity index (χ4v) is 1.57. The predicted octanol–water partition coefficient (Wildman–Crippen LogP) is 1.78. The number of rotatable bonds is 5. The average Bonchev–Trinajstić information content (AvgIpc) is 2.33. The van der Waals surface area contributed by atoms with E-state index in [0.717, 1.165) is 0 Å². The monoisotopic (exact) mass is 265 g/mol. The molecule has 1 aromatic rings. The van der Waals surface area contributed by atoms with Crippen molar-refractivity contribution in [2.75, 3.05) is 13.2 Å². The number of benzene rings is 1. The van der Waals surface area contributed by atoms with Crippen LogP contribution in [0.3, 0.4) is 0 Å². The molecular formula is C14H19NO4. The summed E-state index contributed by atoms with van der Waals surface area (Å²) >= 11 is 0. The van der Waals surface area contributed by atoms with Crippen LogP contribution in [0.1, 0.15) is 20.8 Å². The van der Waals surface area contributed by atoms with E-state index in [2.05, 4.69) is 0 Å². The lowest BCUT2D eigenvalue weighted by Crippen LogP contribution is -2.50. The molecule has 0 unspecified atom stereocenters. The Kier molecular flexibility index (Phi) is 4.92. The van der Waals surface area contributed by atoms with E-state index >= 15 is 0 Å². The summed E-state index contributed by atoms with van der Waals surface area (Å²) in [5, 5.41) is 8.85. The number of amides is 1. The highest BCUT2D eigenvalue weighted by molar-refractivity contribution is 5.83. The van der Waals surface area contributed by atoms with Gasteiger partial charge >= 0.3 is 5.97 Å². The van der Waals surface area contributed by atoms with E-state index in [0.29, 0.717) is 5.75 Å². The first-order chi connectivity index (χ1) is 8.80. The molecule has 0 aliphatic heterocycles. The highest BCUT2D eigenvalue weighted by Gasteiger charge is 2.28. The largest absolute Gasteiger partial charge is 0.484 e. The molecule has 0 saturated heterocycles. The van der Waals surface area contributed by atoms with Crippen LogP contribution < -0.4 is 4.74 Å². The zero-order chi connectivity index (χ0) is 14.5. The van der Waals surface area contributed by atoms with Crippen LogP contribution in [0.5, 0.6) is 5.75 Å². The van der Waals surface area contributed by atoms with Crippen molar-refractivity contribution >= 4 is 11.9 Å². The molecule has 0 radical (unpaired) electrons. The van der Waals surface area contributed by atoms with Gasteiger partial charge in [0.15, 0.2) is 6.61 Å². The van der Waals surface area contributed by atoms with Crippen LogP contribution in [0.25, 0.3) is 0 Å². The van der Waals surface area contributed by atoms with E-state index in [9.17, 15) is 9.59 Å². The number of carbonyl (C=O) groups excluding carboxylic acids is 1. The molecule has 0 saturated carbocycles. The van der Waals surface area contributed by atoms with Crippen molar-refractivity contribution in [3.63, 3.8) is 0 Å². The molecule has 1 rings (SSSR count). The molecule has 0 spiro atoms. The molecule has 1 amide bonds. The van der Waals surface area contributed by atoms with Crippen molar-refractivity contribution in [2.45, 2.75) is 26.3 Å². The number of ether oxygens (including phenoxy) is 1. The van der Waals surface area contributed by atoms with Crippen LogP contribution in [-0.2, 0) is 9.59 Å². The molecule has 104 valence electrons. The molecule has 0 aromatic heterocycles. The van der Waals surface area contributed by atoms with Gasteiger partial charge in [-0.25, -0.2) is 0 Å². The summed E-state index contributed by atoms with van der Waals surface area (Å²) in [5.41, 5.74) is -0.560. The zero-order valence-electron chi connectivity index (χ0n) is 11.4. The Balaban J connectivity index is 2.65. The molecule has 1 N–H and O–H groups in total. The van der Waals surface area contributed by atoms with Gasteiger partial charge in [-0.05, 0) is 32.9 Å². The lowest BCUT2D eigenvalue weighted by Gasteiger charge is -2.34. The quantitative estimate of drug-likeness (QED) is 0.881. The number of hydrogen-bond acceptors (Lipinski definition) is 3. The SMILES string of the molecule is CC(C)(C)N(CC(=O)O)C(=O)COc1ccccc1. The van der Waals surface area contributed by atoms with E-state index < -0.39 is 11.5 Å². The average molecular weight is 265 g/mol. The van der Waals surface area contributed by atoms with Gasteiger partial charge in [-0.1, -0.05) is 18.2 Å². The highest BCUT2D eigenvalue weighted by Crippen LogP contribution is 2.14. The number of carboxylic acid groups (broad SMARTS) is 1. The summed E-state index contributed by atoms with van der Waals surface area (Å²) in [4.78, 5) is 24.1. The van der Waals surface area contributed by atoms with E-state index in [1.807, 2.05) is 6.07 Å². The van der Waals surface area contributed by atoms with Gasteiger partial charge in [0, 0.05) is 5.54 Å². The van der Waals surface area contributed by atoms with Crippen LogP contribution >= 0.6 is 0 Å².